The zero-order valence-electron chi connectivity index (χ0n) is 10.5. The van der Waals surface area contributed by atoms with Gasteiger partial charge in [0.05, 0.1) is 12.7 Å². The van der Waals surface area contributed by atoms with Gasteiger partial charge in [-0.05, 0) is 5.92 Å². The van der Waals surface area contributed by atoms with E-state index in [-0.39, 0.29) is 19.2 Å². The normalized spacial score (nSPS) is 12.6. The van der Waals surface area contributed by atoms with Crippen molar-refractivity contribution in [2.75, 3.05) is 26.8 Å². The van der Waals surface area contributed by atoms with Crippen LogP contribution in [0.15, 0.2) is 0 Å². The number of amides is 2. The van der Waals surface area contributed by atoms with Crippen LogP contribution in [-0.4, -0.2) is 44.0 Å². The van der Waals surface area contributed by atoms with Crippen molar-refractivity contribution < 1.29 is 14.6 Å². The molecule has 1 atom stereocenters. The van der Waals surface area contributed by atoms with Crippen molar-refractivity contribution in [1.82, 2.24) is 10.6 Å². The van der Waals surface area contributed by atoms with E-state index in [4.69, 9.17) is 4.74 Å². The molecule has 3 N–H and O–H groups in total. The van der Waals surface area contributed by atoms with E-state index < -0.39 is 6.10 Å². The second kappa shape index (κ2) is 9.42. The van der Waals surface area contributed by atoms with E-state index in [0.717, 1.165) is 12.8 Å². The van der Waals surface area contributed by atoms with E-state index in [1.54, 1.807) is 0 Å². The predicted molar refractivity (Wildman–Crippen MR) is 63.4 cm³/mol. The molecule has 0 aromatic heterocycles. The van der Waals surface area contributed by atoms with Crippen LogP contribution in [0.3, 0.4) is 0 Å². The number of nitrogens with one attached hydrogen (secondary N) is 2. The smallest absolute Gasteiger partial charge is 0.314 e. The highest BCUT2D eigenvalue weighted by Gasteiger charge is 2.08. The van der Waals surface area contributed by atoms with E-state index in [1.807, 2.05) is 0 Å². The van der Waals surface area contributed by atoms with Crippen molar-refractivity contribution in [3.63, 3.8) is 0 Å². The fourth-order valence-electron chi connectivity index (χ4n) is 1.34. The monoisotopic (exact) mass is 232 g/mol. The minimum absolute atomic E-state index is 0.211. The molecule has 96 valence electrons. The van der Waals surface area contributed by atoms with Crippen molar-refractivity contribution in [3.05, 3.63) is 0 Å². The number of methoxy groups -OCH3 is 1. The summed E-state index contributed by atoms with van der Waals surface area (Å²) in [5, 5.41) is 14.7. The molecular weight excluding hydrogens is 208 g/mol. The highest BCUT2D eigenvalue weighted by Crippen LogP contribution is 2.04. The SMILES string of the molecule is CCC(CC)CNC(=O)NCC(O)COC. The number of urea groups is 1. The Morgan fingerprint density at radius 1 is 1.25 bits per heavy atom. The van der Waals surface area contributed by atoms with Crippen molar-refractivity contribution in [3.8, 4) is 0 Å². The molecule has 2 amide bonds. The van der Waals surface area contributed by atoms with Gasteiger partial charge >= 0.3 is 6.03 Å². The predicted octanol–water partition coefficient (Wildman–Crippen LogP) is 0.729. The molecule has 0 saturated heterocycles. The van der Waals surface area contributed by atoms with Crippen LogP contribution in [0, 0.1) is 5.92 Å². The zero-order valence-corrected chi connectivity index (χ0v) is 10.5. The van der Waals surface area contributed by atoms with Gasteiger partial charge in [0.1, 0.15) is 0 Å². The summed E-state index contributed by atoms with van der Waals surface area (Å²) >= 11 is 0. The van der Waals surface area contributed by atoms with Crippen LogP contribution >= 0.6 is 0 Å². The molecule has 16 heavy (non-hydrogen) atoms. The highest BCUT2D eigenvalue weighted by molar-refractivity contribution is 5.73. The van der Waals surface area contributed by atoms with Gasteiger partial charge in [0, 0.05) is 20.2 Å². The Labute approximate surface area is 97.6 Å². The third kappa shape index (κ3) is 7.48. The maximum atomic E-state index is 11.3. The molecule has 0 spiro atoms. The Bertz CT molecular complexity index is 184. The van der Waals surface area contributed by atoms with Crippen LogP contribution in [0.5, 0.6) is 0 Å². The summed E-state index contributed by atoms with van der Waals surface area (Å²) in [5.41, 5.74) is 0. The van der Waals surface area contributed by atoms with Gasteiger partial charge in [-0.3, -0.25) is 0 Å². The first-order valence-electron chi connectivity index (χ1n) is 5.82. The van der Waals surface area contributed by atoms with Gasteiger partial charge < -0.3 is 20.5 Å². The molecule has 0 aliphatic carbocycles. The van der Waals surface area contributed by atoms with E-state index in [9.17, 15) is 9.90 Å². The van der Waals surface area contributed by atoms with Gasteiger partial charge in [-0.25, -0.2) is 4.79 Å². The number of aliphatic hydroxyl groups is 1. The molecule has 0 bridgehead atoms. The number of carbonyl (C=O) groups is 1. The summed E-state index contributed by atoms with van der Waals surface area (Å²) in [4.78, 5) is 11.3. The minimum atomic E-state index is -0.649. The first-order valence-corrected chi connectivity index (χ1v) is 5.82. The number of carbonyl (C=O) groups excluding carboxylic acids is 1. The fourth-order valence-corrected chi connectivity index (χ4v) is 1.34. The molecule has 0 saturated carbocycles. The summed E-state index contributed by atoms with van der Waals surface area (Å²) < 4.78 is 4.75. The third-order valence-corrected chi connectivity index (χ3v) is 2.56. The molecule has 0 aromatic rings. The molecule has 0 fully saturated rings. The zero-order chi connectivity index (χ0) is 12.4. The van der Waals surface area contributed by atoms with Crippen molar-refractivity contribution in [2.24, 2.45) is 5.92 Å². The lowest BCUT2D eigenvalue weighted by Crippen LogP contribution is -2.42. The Hall–Kier alpha value is -0.810. The minimum Gasteiger partial charge on any atom is -0.389 e. The van der Waals surface area contributed by atoms with Gasteiger partial charge in [0.15, 0.2) is 0 Å². The molecule has 0 rings (SSSR count). The van der Waals surface area contributed by atoms with Crippen molar-refractivity contribution >= 4 is 6.03 Å². The molecule has 0 aliphatic rings. The van der Waals surface area contributed by atoms with E-state index in [0.29, 0.717) is 12.5 Å². The summed E-state index contributed by atoms with van der Waals surface area (Å²) in [6.07, 6.45) is 1.47. The summed E-state index contributed by atoms with van der Waals surface area (Å²) in [6, 6.07) is -0.234. The third-order valence-electron chi connectivity index (χ3n) is 2.56. The number of aliphatic hydroxyl groups excluding tert-OH is 1. The van der Waals surface area contributed by atoms with E-state index >= 15 is 0 Å². The first-order chi connectivity index (χ1) is 7.63. The van der Waals surface area contributed by atoms with E-state index in [1.165, 1.54) is 7.11 Å². The molecular formula is C11H24N2O3. The fraction of sp³-hybridized carbons (Fsp3) is 0.909. The number of rotatable bonds is 8. The highest BCUT2D eigenvalue weighted by atomic mass is 16.5. The van der Waals surface area contributed by atoms with Crippen molar-refractivity contribution in [2.45, 2.75) is 32.8 Å². The maximum absolute atomic E-state index is 11.3. The molecule has 0 aromatic carbocycles. The van der Waals surface area contributed by atoms with Gasteiger partial charge in [0.25, 0.3) is 0 Å². The van der Waals surface area contributed by atoms with Gasteiger partial charge in [0.2, 0.25) is 0 Å². The van der Waals surface area contributed by atoms with Gasteiger partial charge in [-0.15, -0.1) is 0 Å². The Morgan fingerprint density at radius 2 is 1.81 bits per heavy atom. The lowest BCUT2D eigenvalue weighted by molar-refractivity contribution is 0.0659. The molecule has 0 aliphatic heterocycles. The largest absolute Gasteiger partial charge is 0.389 e. The van der Waals surface area contributed by atoms with Crippen LogP contribution < -0.4 is 10.6 Å². The quantitative estimate of drug-likeness (QED) is 0.578. The van der Waals surface area contributed by atoms with Crippen LogP contribution in [0.4, 0.5) is 4.79 Å². The summed E-state index contributed by atoms with van der Waals surface area (Å²) in [6.45, 7) is 5.33. The van der Waals surface area contributed by atoms with Gasteiger partial charge in [-0.2, -0.15) is 0 Å². The topological polar surface area (TPSA) is 70.6 Å². The lowest BCUT2D eigenvalue weighted by Gasteiger charge is -2.15. The van der Waals surface area contributed by atoms with Crippen molar-refractivity contribution in [1.29, 1.82) is 0 Å². The standard InChI is InChI=1S/C11H24N2O3/c1-4-9(5-2)6-12-11(15)13-7-10(14)8-16-3/h9-10,14H,4-8H2,1-3H3,(H2,12,13,15). The van der Waals surface area contributed by atoms with Crippen LogP contribution in [0.1, 0.15) is 26.7 Å². The Balaban J connectivity index is 3.58. The first kappa shape index (κ1) is 15.2. The van der Waals surface area contributed by atoms with Crippen LogP contribution in [-0.2, 0) is 4.74 Å². The molecule has 5 nitrogen and oxygen atoms in total. The summed E-state index contributed by atoms with van der Waals surface area (Å²) in [5.74, 6) is 0.523. The van der Waals surface area contributed by atoms with Gasteiger partial charge in [-0.1, -0.05) is 26.7 Å². The lowest BCUT2D eigenvalue weighted by atomic mass is 10.0. The molecule has 5 heteroatoms. The van der Waals surface area contributed by atoms with Crippen LogP contribution in [0.25, 0.3) is 0 Å². The molecule has 0 radical (unpaired) electrons. The van der Waals surface area contributed by atoms with Crippen LogP contribution in [0.2, 0.25) is 0 Å². The maximum Gasteiger partial charge on any atom is 0.314 e. The molecule has 1 unspecified atom stereocenters. The summed E-state index contributed by atoms with van der Waals surface area (Å²) in [7, 11) is 1.51. The Morgan fingerprint density at radius 3 is 2.31 bits per heavy atom. The number of ether oxygens (including phenoxy) is 1. The Kier molecular flexibility index (Phi) is 8.94. The second-order valence-electron chi connectivity index (χ2n) is 3.88. The number of hydrogen-bond acceptors (Lipinski definition) is 3. The second-order valence-corrected chi connectivity index (χ2v) is 3.88. The average Bonchev–Trinajstić information content (AvgIpc) is 2.28. The molecule has 0 heterocycles. The van der Waals surface area contributed by atoms with E-state index in [2.05, 4.69) is 24.5 Å². The number of hydrogen-bond donors (Lipinski definition) is 3. The average molecular weight is 232 g/mol.